The lowest BCUT2D eigenvalue weighted by Crippen LogP contribution is -2.20. The van der Waals surface area contributed by atoms with Gasteiger partial charge in [-0.15, -0.1) is 11.8 Å². The third kappa shape index (κ3) is 2.82. The summed E-state index contributed by atoms with van der Waals surface area (Å²) in [4.78, 5) is 1.40. The molecule has 1 aliphatic carbocycles. The largest absolute Gasteiger partial charge is 0.130 e. The third-order valence-corrected chi connectivity index (χ3v) is 4.63. The van der Waals surface area contributed by atoms with Crippen LogP contribution in [-0.2, 0) is 0 Å². The maximum absolute atomic E-state index is 2.40. The minimum absolute atomic E-state index is 0.577. The predicted molar refractivity (Wildman–Crippen MR) is 73.2 cm³/mol. The van der Waals surface area contributed by atoms with Crippen LogP contribution in [0.4, 0.5) is 0 Å². The lowest BCUT2D eigenvalue weighted by atomic mass is 9.71. The summed E-state index contributed by atoms with van der Waals surface area (Å²) in [6, 6.07) is 9.11. The van der Waals surface area contributed by atoms with E-state index in [2.05, 4.69) is 44.4 Å². The molecule has 0 aliphatic heterocycles. The van der Waals surface area contributed by atoms with Crippen LogP contribution >= 0.6 is 11.8 Å². The standard InChI is InChI=1S/C15H22S/c1-15(2)9-7-12(8-10-15)13-5-4-6-14(11-13)16-3/h4-6,11-12H,7-10H2,1-3H3. The second-order valence-electron chi connectivity index (χ2n) is 5.72. The van der Waals surface area contributed by atoms with Crippen molar-refractivity contribution >= 4 is 11.8 Å². The van der Waals surface area contributed by atoms with Gasteiger partial charge in [-0.25, -0.2) is 0 Å². The molecule has 0 nitrogen and oxygen atoms in total. The highest BCUT2D eigenvalue weighted by atomic mass is 32.2. The van der Waals surface area contributed by atoms with Gasteiger partial charge in [-0.2, -0.15) is 0 Å². The van der Waals surface area contributed by atoms with Crippen molar-refractivity contribution in [3.8, 4) is 0 Å². The van der Waals surface area contributed by atoms with Crippen LogP contribution in [0.2, 0.25) is 0 Å². The second-order valence-corrected chi connectivity index (χ2v) is 6.59. The van der Waals surface area contributed by atoms with E-state index in [-0.39, 0.29) is 0 Å². The summed E-state index contributed by atoms with van der Waals surface area (Å²) in [5.41, 5.74) is 2.13. The van der Waals surface area contributed by atoms with Crippen molar-refractivity contribution in [3.63, 3.8) is 0 Å². The minimum Gasteiger partial charge on any atom is -0.130 e. The van der Waals surface area contributed by atoms with Gasteiger partial charge in [-0.05, 0) is 61.0 Å². The highest BCUT2D eigenvalue weighted by molar-refractivity contribution is 7.98. The van der Waals surface area contributed by atoms with Gasteiger partial charge in [0.05, 0.1) is 0 Å². The summed E-state index contributed by atoms with van der Waals surface area (Å²) in [6.45, 7) is 4.81. The zero-order valence-corrected chi connectivity index (χ0v) is 11.4. The van der Waals surface area contributed by atoms with Crippen LogP contribution in [0.25, 0.3) is 0 Å². The Morgan fingerprint density at radius 3 is 2.50 bits per heavy atom. The number of hydrogen-bond acceptors (Lipinski definition) is 1. The monoisotopic (exact) mass is 234 g/mol. The topological polar surface area (TPSA) is 0 Å². The fourth-order valence-corrected chi connectivity index (χ4v) is 3.10. The number of rotatable bonds is 2. The van der Waals surface area contributed by atoms with Crippen molar-refractivity contribution < 1.29 is 0 Å². The molecule has 1 aromatic rings. The fourth-order valence-electron chi connectivity index (χ4n) is 2.63. The Labute approximate surface area is 104 Å². The van der Waals surface area contributed by atoms with Crippen LogP contribution in [0.3, 0.4) is 0 Å². The molecule has 0 saturated heterocycles. The highest BCUT2D eigenvalue weighted by Gasteiger charge is 2.27. The number of hydrogen-bond donors (Lipinski definition) is 0. The van der Waals surface area contributed by atoms with E-state index in [1.54, 1.807) is 5.56 Å². The van der Waals surface area contributed by atoms with Crippen molar-refractivity contribution in [2.45, 2.75) is 50.3 Å². The average Bonchev–Trinajstić information content (AvgIpc) is 2.29. The lowest BCUT2D eigenvalue weighted by Gasteiger charge is -2.34. The molecule has 1 saturated carbocycles. The molecule has 0 heterocycles. The van der Waals surface area contributed by atoms with E-state index < -0.39 is 0 Å². The van der Waals surface area contributed by atoms with E-state index >= 15 is 0 Å². The molecule has 0 atom stereocenters. The van der Waals surface area contributed by atoms with E-state index in [1.807, 2.05) is 11.8 Å². The van der Waals surface area contributed by atoms with Crippen LogP contribution in [0.5, 0.6) is 0 Å². The van der Waals surface area contributed by atoms with Gasteiger partial charge in [0, 0.05) is 4.90 Å². The lowest BCUT2D eigenvalue weighted by molar-refractivity contribution is 0.224. The average molecular weight is 234 g/mol. The van der Waals surface area contributed by atoms with Crippen LogP contribution in [0.15, 0.2) is 29.2 Å². The maximum atomic E-state index is 2.40. The molecule has 0 aromatic heterocycles. The van der Waals surface area contributed by atoms with E-state index in [0.29, 0.717) is 5.41 Å². The minimum atomic E-state index is 0.577. The molecule has 0 amide bonds. The predicted octanol–water partition coefficient (Wildman–Crippen LogP) is 5.09. The molecule has 0 spiro atoms. The first kappa shape index (κ1) is 12.0. The van der Waals surface area contributed by atoms with E-state index in [1.165, 1.54) is 30.6 Å². The molecule has 0 radical (unpaired) electrons. The van der Waals surface area contributed by atoms with E-state index in [0.717, 1.165) is 5.92 Å². The highest BCUT2D eigenvalue weighted by Crippen LogP contribution is 2.42. The van der Waals surface area contributed by atoms with Crippen LogP contribution < -0.4 is 0 Å². The first-order valence-corrected chi connectivity index (χ1v) is 7.47. The van der Waals surface area contributed by atoms with Crippen LogP contribution in [0, 0.1) is 5.41 Å². The SMILES string of the molecule is CSc1cccc(C2CCC(C)(C)CC2)c1. The molecule has 1 fully saturated rings. The molecule has 0 N–H and O–H groups in total. The molecule has 1 aliphatic rings. The van der Waals surface area contributed by atoms with Gasteiger partial charge in [0.2, 0.25) is 0 Å². The molecular weight excluding hydrogens is 212 g/mol. The Balaban J connectivity index is 2.08. The first-order valence-electron chi connectivity index (χ1n) is 6.25. The summed E-state index contributed by atoms with van der Waals surface area (Å²) in [5.74, 6) is 0.806. The number of thioether (sulfide) groups is 1. The van der Waals surface area contributed by atoms with Gasteiger partial charge in [-0.1, -0.05) is 26.0 Å². The van der Waals surface area contributed by atoms with Crippen LogP contribution in [-0.4, -0.2) is 6.26 Å². The summed E-state index contributed by atoms with van der Waals surface area (Å²) in [7, 11) is 0. The van der Waals surface area contributed by atoms with Gasteiger partial charge in [0.25, 0.3) is 0 Å². The molecule has 88 valence electrons. The summed E-state index contributed by atoms with van der Waals surface area (Å²) in [6.07, 6.45) is 7.64. The Kier molecular flexibility index (Phi) is 3.63. The normalized spacial score (nSPS) is 20.9. The third-order valence-electron chi connectivity index (χ3n) is 3.90. The Hall–Kier alpha value is -0.430. The van der Waals surface area contributed by atoms with Crippen molar-refractivity contribution in [2.75, 3.05) is 6.26 Å². The first-order chi connectivity index (χ1) is 7.61. The number of benzene rings is 1. The van der Waals surface area contributed by atoms with Crippen molar-refractivity contribution in [1.29, 1.82) is 0 Å². The van der Waals surface area contributed by atoms with Gasteiger partial charge < -0.3 is 0 Å². The summed E-state index contributed by atoms with van der Waals surface area (Å²) < 4.78 is 0. The summed E-state index contributed by atoms with van der Waals surface area (Å²) >= 11 is 1.85. The fraction of sp³-hybridized carbons (Fsp3) is 0.600. The van der Waals surface area contributed by atoms with Gasteiger partial charge in [-0.3, -0.25) is 0 Å². The van der Waals surface area contributed by atoms with E-state index in [4.69, 9.17) is 0 Å². The van der Waals surface area contributed by atoms with E-state index in [9.17, 15) is 0 Å². The molecule has 1 aromatic carbocycles. The zero-order valence-electron chi connectivity index (χ0n) is 10.6. The second kappa shape index (κ2) is 4.83. The Bertz CT molecular complexity index is 344. The zero-order chi connectivity index (χ0) is 11.6. The Morgan fingerprint density at radius 2 is 1.88 bits per heavy atom. The van der Waals surface area contributed by atoms with Gasteiger partial charge in [0.15, 0.2) is 0 Å². The molecule has 16 heavy (non-hydrogen) atoms. The molecule has 2 rings (SSSR count). The van der Waals surface area contributed by atoms with Crippen molar-refractivity contribution in [3.05, 3.63) is 29.8 Å². The van der Waals surface area contributed by atoms with Crippen molar-refractivity contribution in [2.24, 2.45) is 5.41 Å². The van der Waals surface area contributed by atoms with Crippen molar-refractivity contribution in [1.82, 2.24) is 0 Å². The molecule has 1 heteroatoms. The Morgan fingerprint density at radius 1 is 1.19 bits per heavy atom. The quantitative estimate of drug-likeness (QED) is 0.642. The molecular formula is C15H22S. The molecule has 0 unspecified atom stereocenters. The smallest absolute Gasteiger partial charge is 0.00719 e. The summed E-state index contributed by atoms with van der Waals surface area (Å²) in [5, 5.41) is 0. The van der Waals surface area contributed by atoms with Crippen LogP contribution in [0.1, 0.15) is 51.0 Å². The molecule has 0 bridgehead atoms. The van der Waals surface area contributed by atoms with Gasteiger partial charge in [0.1, 0.15) is 0 Å². The van der Waals surface area contributed by atoms with Gasteiger partial charge >= 0.3 is 0 Å². The maximum Gasteiger partial charge on any atom is 0.00719 e.